The fourth-order valence-corrected chi connectivity index (χ4v) is 3.01. The fourth-order valence-electron chi connectivity index (χ4n) is 2.26. The van der Waals surface area contributed by atoms with E-state index in [1.54, 1.807) is 0 Å². The number of benzene rings is 1. The first-order valence-corrected chi connectivity index (χ1v) is 8.58. The average molecular weight is 361 g/mol. The molecule has 0 heterocycles. The van der Waals surface area contributed by atoms with Crippen molar-refractivity contribution in [2.45, 2.75) is 53.5 Å². The van der Waals surface area contributed by atoms with Gasteiger partial charge in [-0.25, -0.2) is 0 Å². The summed E-state index contributed by atoms with van der Waals surface area (Å²) in [5.74, 6) is 0.667. The van der Waals surface area contributed by atoms with Crippen molar-refractivity contribution in [2.24, 2.45) is 11.3 Å². The van der Waals surface area contributed by atoms with Gasteiger partial charge < -0.3 is 5.32 Å². The van der Waals surface area contributed by atoms with Crippen LogP contribution in [0.25, 0.3) is 0 Å². The van der Waals surface area contributed by atoms with Crippen LogP contribution in [-0.4, -0.2) is 12.6 Å². The van der Waals surface area contributed by atoms with Crippen LogP contribution in [0.1, 0.15) is 46.6 Å². The molecular formula is C17H27BrClN. The first-order chi connectivity index (χ1) is 9.24. The summed E-state index contributed by atoms with van der Waals surface area (Å²) in [5.41, 5.74) is 1.57. The third-order valence-electron chi connectivity index (χ3n) is 4.09. The summed E-state index contributed by atoms with van der Waals surface area (Å²) in [4.78, 5) is 0. The van der Waals surface area contributed by atoms with Gasteiger partial charge in [0, 0.05) is 15.5 Å². The Labute approximate surface area is 137 Å². The van der Waals surface area contributed by atoms with Crippen molar-refractivity contribution >= 4 is 27.5 Å². The Morgan fingerprint density at radius 1 is 1.30 bits per heavy atom. The smallest absolute Gasteiger partial charge is 0.0449 e. The topological polar surface area (TPSA) is 12.0 Å². The number of nitrogens with one attached hydrogen (secondary N) is 1. The molecule has 1 aromatic rings. The minimum atomic E-state index is 0.344. The maximum absolute atomic E-state index is 6.34. The molecule has 0 saturated heterocycles. The number of rotatable bonds is 6. The third-order valence-corrected chi connectivity index (χ3v) is 4.94. The van der Waals surface area contributed by atoms with Gasteiger partial charge >= 0.3 is 0 Å². The quantitative estimate of drug-likeness (QED) is 0.686. The van der Waals surface area contributed by atoms with Gasteiger partial charge in [-0.1, -0.05) is 68.2 Å². The molecule has 0 aliphatic heterocycles. The molecule has 0 saturated carbocycles. The summed E-state index contributed by atoms with van der Waals surface area (Å²) in [6.45, 7) is 12.4. The largest absolute Gasteiger partial charge is 0.314 e. The lowest BCUT2D eigenvalue weighted by Crippen LogP contribution is -2.35. The van der Waals surface area contributed by atoms with Crippen LogP contribution < -0.4 is 5.32 Å². The van der Waals surface area contributed by atoms with Gasteiger partial charge in [-0.3, -0.25) is 0 Å². The Morgan fingerprint density at radius 3 is 2.45 bits per heavy atom. The Kier molecular flexibility index (Phi) is 7.03. The molecule has 0 fully saturated rings. The van der Waals surface area contributed by atoms with Gasteiger partial charge in [0.1, 0.15) is 0 Å². The maximum Gasteiger partial charge on any atom is 0.0449 e. The zero-order valence-corrected chi connectivity index (χ0v) is 15.6. The predicted octanol–water partition coefficient (Wildman–Crippen LogP) is 5.70. The second kappa shape index (κ2) is 7.82. The van der Waals surface area contributed by atoms with E-state index in [9.17, 15) is 0 Å². The molecule has 0 spiro atoms. The summed E-state index contributed by atoms with van der Waals surface area (Å²) < 4.78 is 1.04. The van der Waals surface area contributed by atoms with Crippen molar-refractivity contribution in [3.05, 3.63) is 33.3 Å². The highest BCUT2D eigenvalue weighted by molar-refractivity contribution is 9.10. The van der Waals surface area contributed by atoms with Crippen molar-refractivity contribution in [2.75, 3.05) is 6.54 Å². The van der Waals surface area contributed by atoms with E-state index in [0.29, 0.717) is 17.4 Å². The highest BCUT2D eigenvalue weighted by Crippen LogP contribution is 2.30. The Balaban J connectivity index is 2.76. The molecule has 2 unspecified atom stereocenters. The predicted molar refractivity (Wildman–Crippen MR) is 93.6 cm³/mol. The van der Waals surface area contributed by atoms with Crippen LogP contribution in [0.5, 0.6) is 0 Å². The Bertz CT molecular complexity index is 425. The van der Waals surface area contributed by atoms with E-state index in [4.69, 9.17) is 11.6 Å². The van der Waals surface area contributed by atoms with E-state index in [1.165, 1.54) is 12.0 Å². The molecule has 1 N–H and O–H groups in total. The van der Waals surface area contributed by atoms with Crippen LogP contribution in [0.2, 0.25) is 5.02 Å². The van der Waals surface area contributed by atoms with E-state index in [-0.39, 0.29) is 0 Å². The molecule has 2 atom stereocenters. The van der Waals surface area contributed by atoms with Gasteiger partial charge in [0.25, 0.3) is 0 Å². The number of likely N-dealkylation sites (N-methyl/N-ethyl adjacent to an activating group) is 1. The Hall–Kier alpha value is -0.0500. The zero-order valence-electron chi connectivity index (χ0n) is 13.3. The van der Waals surface area contributed by atoms with Gasteiger partial charge in [-0.2, -0.15) is 0 Å². The Morgan fingerprint density at radius 2 is 1.95 bits per heavy atom. The molecule has 3 heteroatoms. The van der Waals surface area contributed by atoms with E-state index >= 15 is 0 Å². The molecule has 20 heavy (non-hydrogen) atoms. The number of hydrogen-bond acceptors (Lipinski definition) is 1. The summed E-state index contributed by atoms with van der Waals surface area (Å²) in [6, 6.07) is 6.65. The van der Waals surface area contributed by atoms with Crippen molar-refractivity contribution in [3.63, 3.8) is 0 Å². The highest BCUT2D eigenvalue weighted by Gasteiger charge is 2.23. The maximum atomic E-state index is 6.34. The second-order valence-electron chi connectivity index (χ2n) is 6.70. The lowest BCUT2D eigenvalue weighted by molar-refractivity contribution is 0.222. The molecule has 0 aliphatic carbocycles. The van der Waals surface area contributed by atoms with Crippen LogP contribution in [0.15, 0.2) is 22.7 Å². The lowest BCUT2D eigenvalue weighted by Gasteiger charge is -2.31. The summed E-state index contributed by atoms with van der Waals surface area (Å²) in [6.07, 6.45) is 2.16. The molecular weight excluding hydrogens is 334 g/mol. The summed E-state index contributed by atoms with van der Waals surface area (Å²) in [7, 11) is 0. The molecule has 0 aromatic heterocycles. The standard InChI is InChI=1S/C17H27BrClN/c1-6-20-15(9-12(2)17(3,4)5)10-13-7-8-14(18)11-16(13)19/h7-8,11-12,15,20H,6,9-10H2,1-5H3. The fraction of sp³-hybridized carbons (Fsp3) is 0.647. The summed E-state index contributed by atoms with van der Waals surface area (Å²) in [5, 5.41) is 4.46. The minimum absolute atomic E-state index is 0.344. The molecule has 0 amide bonds. The molecule has 1 aromatic carbocycles. The SMILES string of the molecule is CCNC(Cc1ccc(Br)cc1Cl)CC(C)C(C)(C)C. The van der Waals surface area contributed by atoms with Gasteiger partial charge in [0.2, 0.25) is 0 Å². The molecule has 114 valence electrons. The van der Waals surface area contributed by atoms with E-state index in [0.717, 1.165) is 22.5 Å². The van der Waals surface area contributed by atoms with E-state index in [1.807, 2.05) is 6.07 Å². The lowest BCUT2D eigenvalue weighted by atomic mass is 9.78. The summed E-state index contributed by atoms with van der Waals surface area (Å²) >= 11 is 9.80. The first kappa shape index (κ1) is 18.0. The van der Waals surface area contributed by atoms with Crippen LogP contribution >= 0.6 is 27.5 Å². The van der Waals surface area contributed by atoms with Crippen LogP contribution in [0.3, 0.4) is 0 Å². The van der Waals surface area contributed by atoms with Crippen LogP contribution in [0.4, 0.5) is 0 Å². The van der Waals surface area contributed by atoms with Crippen molar-refractivity contribution in [1.29, 1.82) is 0 Å². The van der Waals surface area contributed by atoms with Gasteiger partial charge in [-0.15, -0.1) is 0 Å². The second-order valence-corrected chi connectivity index (χ2v) is 8.02. The monoisotopic (exact) mass is 359 g/mol. The van der Waals surface area contributed by atoms with Crippen molar-refractivity contribution in [3.8, 4) is 0 Å². The number of halogens is 2. The van der Waals surface area contributed by atoms with Crippen LogP contribution in [-0.2, 0) is 6.42 Å². The van der Waals surface area contributed by atoms with Gasteiger partial charge in [0.05, 0.1) is 0 Å². The van der Waals surface area contributed by atoms with Gasteiger partial charge in [-0.05, 0) is 48.4 Å². The third kappa shape index (κ3) is 5.75. The molecule has 1 rings (SSSR count). The normalized spacial score (nSPS) is 15.2. The number of hydrogen-bond donors (Lipinski definition) is 1. The molecule has 0 radical (unpaired) electrons. The van der Waals surface area contributed by atoms with Crippen molar-refractivity contribution in [1.82, 2.24) is 5.32 Å². The molecule has 0 bridgehead atoms. The molecule has 1 nitrogen and oxygen atoms in total. The average Bonchev–Trinajstić information content (AvgIpc) is 2.31. The van der Waals surface area contributed by atoms with E-state index in [2.05, 4.69) is 68.0 Å². The minimum Gasteiger partial charge on any atom is -0.314 e. The first-order valence-electron chi connectivity index (χ1n) is 7.41. The van der Waals surface area contributed by atoms with E-state index < -0.39 is 0 Å². The van der Waals surface area contributed by atoms with Crippen LogP contribution in [0, 0.1) is 11.3 Å². The highest BCUT2D eigenvalue weighted by atomic mass is 79.9. The van der Waals surface area contributed by atoms with Gasteiger partial charge in [0.15, 0.2) is 0 Å². The zero-order chi connectivity index (χ0) is 15.3. The van der Waals surface area contributed by atoms with Crippen molar-refractivity contribution < 1.29 is 0 Å². The molecule has 0 aliphatic rings.